The minimum absolute atomic E-state index is 0.491. The number of nitrogens with two attached hydrogens (primary N) is 1. The quantitative estimate of drug-likeness (QED) is 0.484. The third kappa shape index (κ3) is 1.52. The molecule has 0 radical (unpaired) electrons. The number of nitrogens with zero attached hydrogens (tertiary/aromatic N) is 3. The molecule has 0 aliphatic rings. The van der Waals surface area contributed by atoms with Crippen LogP contribution in [0, 0.1) is 18.3 Å². The maximum absolute atomic E-state index is 8.69. The molecular weight excluding hydrogens is 152 g/mol. The van der Waals surface area contributed by atoms with E-state index in [0.717, 1.165) is 5.69 Å². The summed E-state index contributed by atoms with van der Waals surface area (Å²) in [6, 6.07) is 5.51. The van der Waals surface area contributed by atoms with Crippen LogP contribution >= 0.6 is 0 Å². The molecule has 0 unspecified atom stereocenters. The summed E-state index contributed by atoms with van der Waals surface area (Å²) in [6.45, 7) is 1.86. The Bertz CT molecular complexity index is 324. The first-order chi connectivity index (χ1) is 5.65. The van der Waals surface area contributed by atoms with Gasteiger partial charge in [0.05, 0.1) is 5.56 Å². The Balaban J connectivity index is 3.24. The monoisotopic (exact) mass is 162 g/mol. The molecule has 0 fully saturated rings. The van der Waals surface area contributed by atoms with E-state index in [2.05, 4.69) is 4.98 Å². The summed E-state index contributed by atoms with van der Waals surface area (Å²) in [4.78, 5) is 4.12. The number of aryl methyl sites for hydroxylation is 1. The van der Waals surface area contributed by atoms with Gasteiger partial charge in [-0.25, -0.2) is 10.8 Å². The number of rotatable bonds is 1. The molecule has 0 aliphatic heterocycles. The van der Waals surface area contributed by atoms with E-state index in [1.165, 1.54) is 5.01 Å². The van der Waals surface area contributed by atoms with Gasteiger partial charge in [-0.3, -0.25) is 5.01 Å². The van der Waals surface area contributed by atoms with Gasteiger partial charge in [-0.15, -0.1) is 0 Å². The van der Waals surface area contributed by atoms with E-state index in [4.69, 9.17) is 11.1 Å². The van der Waals surface area contributed by atoms with Crippen molar-refractivity contribution in [1.29, 1.82) is 5.26 Å². The zero-order valence-electron chi connectivity index (χ0n) is 7.07. The number of aromatic nitrogens is 1. The van der Waals surface area contributed by atoms with Crippen molar-refractivity contribution in [3.63, 3.8) is 0 Å². The summed E-state index contributed by atoms with van der Waals surface area (Å²) in [5.74, 6) is 5.99. The van der Waals surface area contributed by atoms with Crippen LogP contribution < -0.4 is 10.9 Å². The lowest BCUT2D eigenvalue weighted by molar-refractivity contribution is 0.961. The number of hydrazine groups is 1. The maximum atomic E-state index is 8.69. The van der Waals surface area contributed by atoms with Crippen molar-refractivity contribution in [1.82, 2.24) is 4.98 Å². The summed E-state index contributed by atoms with van der Waals surface area (Å²) < 4.78 is 0. The second-order valence-electron chi connectivity index (χ2n) is 2.55. The molecule has 62 valence electrons. The van der Waals surface area contributed by atoms with Crippen LogP contribution in [0.4, 0.5) is 5.82 Å². The van der Waals surface area contributed by atoms with Gasteiger partial charge in [0.25, 0.3) is 0 Å². The lowest BCUT2D eigenvalue weighted by Gasteiger charge is -2.12. The third-order valence-electron chi connectivity index (χ3n) is 1.47. The van der Waals surface area contributed by atoms with Gasteiger partial charge in [-0.2, -0.15) is 5.26 Å². The second-order valence-corrected chi connectivity index (χ2v) is 2.55. The topological polar surface area (TPSA) is 65.9 Å². The summed E-state index contributed by atoms with van der Waals surface area (Å²) in [5, 5.41) is 10.0. The molecule has 1 aromatic heterocycles. The molecule has 0 amide bonds. The number of hydrogen-bond donors (Lipinski definition) is 1. The van der Waals surface area contributed by atoms with Crippen LogP contribution in [0.15, 0.2) is 12.1 Å². The minimum Gasteiger partial charge on any atom is -0.297 e. The third-order valence-corrected chi connectivity index (χ3v) is 1.47. The molecule has 0 aromatic carbocycles. The van der Waals surface area contributed by atoms with Crippen LogP contribution in [0.1, 0.15) is 11.3 Å². The fourth-order valence-corrected chi connectivity index (χ4v) is 0.899. The number of hydrogen-bond acceptors (Lipinski definition) is 4. The van der Waals surface area contributed by atoms with Crippen molar-refractivity contribution in [3.8, 4) is 6.07 Å². The van der Waals surface area contributed by atoms with Gasteiger partial charge in [0.1, 0.15) is 6.07 Å². The first kappa shape index (κ1) is 8.50. The summed E-state index contributed by atoms with van der Waals surface area (Å²) in [7, 11) is 1.66. The molecule has 0 atom stereocenters. The Morgan fingerprint density at radius 3 is 2.75 bits per heavy atom. The molecule has 0 spiro atoms. The number of nitriles is 1. The van der Waals surface area contributed by atoms with Crippen LogP contribution in [0.3, 0.4) is 0 Å². The Labute approximate surface area is 71.2 Å². The average Bonchev–Trinajstić information content (AvgIpc) is 2.04. The van der Waals surface area contributed by atoms with E-state index >= 15 is 0 Å². The van der Waals surface area contributed by atoms with Crippen molar-refractivity contribution >= 4 is 5.82 Å². The van der Waals surface area contributed by atoms with Gasteiger partial charge < -0.3 is 0 Å². The minimum atomic E-state index is 0.491. The van der Waals surface area contributed by atoms with E-state index in [1.54, 1.807) is 19.2 Å². The lowest BCUT2D eigenvalue weighted by Crippen LogP contribution is -2.27. The molecule has 1 rings (SSSR count). The predicted octanol–water partition coefficient (Wildman–Crippen LogP) is 0.572. The standard InChI is InChI=1S/C8H10N4/c1-6-3-4-7(5-9)8(11-6)12(2)10/h3-4H,10H2,1-2H3. The Kier molecular flexibility index (Phi) is 2.26. The van der Waals surface area contributed by atoms with Crippen molar-refractivity contribution in [3.05, 3.63) is 23.4 Å². The normalized spacial score (nSPS) is 9.17. The van der Waals surface area contributed by atoms with Crippen molar-refractivity contribution < 1.29 is 0 Å². The van der Waals surface area contributed by atoms with E-state index in [0.29, 0.717) is 11.4 Å². The molecule has 2 N–H and O–H groups in total. The van der Waals surface area contributed by atoms with Crippen molar-refractivity contribution in [2.24, 2.45) is 5.84 Å². The zero-order valence-corrected chi connectivity index (χ0v) is 7.07. The van der Waals surface area contributed by atoms with Gasteiger partial charge in [0, 0.05) is 12.7 Å². The molecule has 0 saturated carbocycles. The van der Waals surface area contributed by atoms with Crippen LogP contribution in [-0.4, -0.2) is 12.0 Å². The first-order valence-corrected chi connectivity index (χ1v) is 3.51. The molecule has 1 aromatic rings. The Morgan fingerprint density at radius 1 is 1.58 bits per heavy atom. The fraction of sp³-hybridized carbons (Fsp3) is 0.250. The van der Waals surface area contributed by atoms with Crippen LogP contribution in [-0.2, 0) is 0 Å². The largest absolute Gasteiger partial charge is 0.297 e. The van der Waals surface area contributed by atoms with E-state index in [1.807, 2.05) is 13.0 Å². The highest BCUT2D eigenvalue weighted by Gasteiger charge is 2.05. The van der Waals surface area contributed by atoms with E-state index in [9.17, 15) is 0 Å². The lowest BCUT2D eigenvalue weighted by atomic mass is 10.2. The second kappa shape index (κ2) is 3.20. The van der Waals surface area contributed by atoms with E-state index in [-0.39, 0.29) is 0 Å². The summed E-state index contributed by atoms with van der Waals surface area (Å²) in [6.07, 6.45) is 0. The summed E-state index contributed by atoms with van der Waals surface area (Å²) in [5.41, 5.74) is 1.34. The fourth-order valence-electron chi connectivity index (χ4n) is 0.899. The van der Waals surface area contributed by atoms with Crippen LogP contribution in [0.25, 0.3) is 0 Å². The molecule has 1 heterocycles. The van der Waals surface area contributed by atoms with Crippen molar-refractivity contribution in [2.45, 2.75) is 6.92 Å². The average molecular weight is 162 g/mol. The molecule has 4 nitrogen and oxygen atoms in total. The summed E-state index contributed by atoms with van der Waals surface area (Å²) >= 11 is 0. The highest BCUT2D eigenvalue weighted by molar-refractivity contribution is 5.52. The van der Waals surface area contributed by atoms with Crippen molar-refractivity contribution in [2.75, 3.05) is 12.1 Å². The van der Waals surface area contributed by atoms with Gasteiger partial charge in [-0.05, 0) is 19.1 Å². The first-order valence-electron chi connectivity index (χ1n) is 3.51. The van der Waals surface area contributed by atoms with Gasteiger partial charge in [-0.1, -0.05) is 0 Å². The molecule has 0 bridgehead atoms. The SMILES string of the molecule is Cc1ccc(C#N)c(N(C)N)n1. The van der Waals surface area contributed by atoms with Gasteiger partial charge >= 0.3 is 0 Å². The highest BCUT2D eigenvalue weighted by atomic mass is 15.4. The predicted molar refractivity (Wildman–Crippen MR) is 46.3 cm³/mol. The van der Waals surface area contributed by atoms with E-state index < -0.39 is 0 Å². The van der Waals surface area contributed by atoms with Crippen LogP contribution in [0.2, 0.25) is 0 Å². The highest BCUT2D eigenvalue weighted by Crippen LogP contribution is 2.13. The molecule has 12 heavy (non-hydrogen) atoms. The molecule has 0 saturated heterocycles. The zero-order chi connectivity index (χ0) is 9.14. The molecule has 0 aliphatic carbocycles. The number of anilines is 1. The smallest absolute Gasteiger partial charge is 0.160 e. The Morgan fingerprint density at radius 2 is 2.25 bits per heavy atom. The van der Waals surface area contributed by atoms with Gasteiger partial charge in [0.2, 0.25) is 0 Å². The van der Waals surface area contributed by atoms with Crippen LogP contribution in [0.5, 0.6) is 0 Å². The van der Waals surface area contributed by atoms with Gasteiger partial charge in [0.15, 0.2) is 5.82 Å². The molecule has 4 heteroatoms. The number of pyridine rings is 1. The molecular formula is C8H10N4. The Hall–Kier alpha value is -1.60. The maximum Gasteiger partial charge on any atom is 0.160 e.